The molecule has 98 valence electrons. The van der Waals surface area contributed by atoms with Crippen molar-refractivity contribution in [2.45, 2.75) is 32.2 Å². The molecule has 2 aliphatic rings. The van der Waals surface area contributed by atoms with Gasteiger partial charge in [0.1, 0.15) is 24.7 Å². The van der Waals surface area contributed by atoms with Gasteiger partial charge in [-0.1, -0.05) is 0 Å². The summed E-state index contributed by atoms with van der Waals surface area (Å²) in [5.41, 5.74) is 0.0105. The van der Waals surface area contributed by atoms with Crippen LogP contribution in [0.4, 0.5) is 11.6 Å². The van der Waals surface area contributed by atoms with Crippen LogP contribution in [0.15, 0.2) is 12.4 Å². The molecular weight excluding hydrogens is 228 g/mol. The summed E-state index contributed by atoms with van der Waals surface area (Å²) in [5, 5.41) is 0. The van der Waals surface area contributed by atoms with Crippen LogP contribution in [0.3, 0.4) is 0 Å². The zero-order chi connectivity index (χ0) is 12.6. The fraction of sp³-hybridized carbons (Fsp3) is 0.692. The first-order valence-corrected chi connectivity index (χ1v) is 6.59. The van der Waals surface area contributed by atoms with Crippen LogP contribution in [-0.2, 0) is 4.74 Å². The van der Waals surface area contributed by atoms with E-state index in [0.29, 0.717) is 6.73 Å². The van der Waals surface area contributed by atoms with E-state index < -0.39 is 0 Å². The molecule has 0 bridgehead atoms. The molecule has 3 heterocycles. The van der Waals surface area contributed by atoms with Gasteiger partial charge in [-0.3, -0.25) is 0 Å². The van der Waals surface area contributed by atoms with Crippen molar-refractivity contribution in [3.8, 4) is 0 Å². The number of aromatic nitrogens is 2. The number of nitrogens with zero attached hydrogens (tertiary/aromatic N) is 4. The second-order valence-electron chi connectivity index (χ2n) is 5.65. The van der Waals surface area contributed by atoms with Crippen LogP contribution in [0.5, 0.6) is 0 Å². The largest absolute Gasteiger partial charge is 0.359 e. The summed E-state index contributed by atoms with van der Waals surface area (Å²) in [5.74, 6) is 2.01. The fourth-order valence-corrected chi connectivity index (χ4v) is 2.62. The highest BCUT2D eigenvalue weighted by Gasteiger charge is 2.34. The lowest BCUT2D eigenvalue weighted by Crippen LogP contribution is -2.40. The second-order valence-corrected chi connectivity index (χ2v) is 5.65. The highest BCUT2D eigenvalue weighted by atomic mass is 16.5. The summed E-state index contributed by atoms with van der Waals surface area (Å²) in [4.78, 5) is 13.3. The molecule has 2 saturated heterocycles. The van der Waals surface area contributed by atoms with E-state index in [9.17, 15) is 0 Å². The van der Waals surface area contributed by atoms with Gasteiger partial charge < -0.3 is 14.5 Å². The van der Waals surface area contributed by atoms with Crippen LogP contribution in [0, 0.1) is 0 Å². The van der Waals surface area contributed by atoms with Gasteiger partial charge >= 0.3 is 0 Å². The zero-order valence-corrected chi connectivity index (χ0v) is 11.1. The minimum atomic E-state index is 0.0105. The Balaban J connectivity index is 1.86. The number of ether oxygens (including phenoxy) is 1. The van der Waals surface area contributed by atoms with Gasteiger partial charge in [0.15, 0.2) is 0 Å². The Hall–Kier alpha value is -1.36. The van der Waals surface area contributed by atoms with Gasteiger partial charge in [-0.2, -0.15) is 0 Å². The average Bonchev–Trinajstić information content (AvgIpc) is 2.98. The molecule has 0 aliphatic carbocycles. The topological polar surface area (TPSA) is 41.5 Å². The van der Waals surface area contributed by atoms with E-state index in [2.05, 4.69) is 39.7 Å². The van der Waals surface area contributed by atoms with E-state index in [1.54, 1.807) is 6.33 Å². The Labute approximate surface area is 108 Å². The van der Waals surface area contributed by atoms with Gasteiger partial charge in [-0.15, -0.1) is 0 Å². The minimum Gasteiger partial charge on any atom is -0.359 e. The van der Waals surface area contributed by atoms with E-state index in [1.165, 1.54) is 12.8 Å². The predicted molar refractivity (Wildman–Crippen MR) is 70.9 cm³/mol. The molecule has 0 saturated carbocycles. The molecule has 2 aliphatic heterocycles. The maximum Gasteiger partial charge on any atom is 0.136 e. The van der Waals surface area contributed by atoms with Gasteiger partial charge in [0.05, 0.1) is 12.1 Å². The quantitative estimate of drug-likeness (QED) is 0.796. The summed E-state index contributed by atoms with van der Waals surface area (Å²) >= 11 is 0. The summed E-state index contributed by atoms with van der Waals surface area (Å²) in [6.07, 6.45) is 4.19. The van der Waals surface area contributed by atoms with E-state index in [0.717, 1.165) is 31.3 Å². The first kappa shape index (κ1) is 11.7. The summed E-state index contributed by atoms with van der Waals surface area (Å²) < 4.78 is 5.54. The van der Waals surface area contributed by atoms with Crippen LogP contribution < -0.4 is 9.80 Å². The highest BCUT2D eigenvalue weighted by Crippen LogP contribution is 2.29. The molecule has 3 rings (SSSR count). The Morgan fingerprint density at radius 2 is 1.89 bits per heavy atom. The molecule has 0 aromatic carbocycles. The zero-order valence-electron chi connectivity index (χ0n) is 11.1. The first-order valence-electron chi connectivity index (χ1n) is 6.59. The summed E-state index contributed by atoms with van der Waals surface area (Å²) in [7, 11) is 0. The normalized spacial score (nSPS) is 22.8. The summed E-state index contributed by atoms with van der Waals surface area (Å²) in [6, 6.07) is 2.09. The maximum atomic E-state index is 5.54. The van der Waals surface area contributed by atoms with Crippen molar-refractivity contribution >= 4 is 11.6 Å². The molecule has 18 heavy (non-hydrogen) atoms. The van der Waals surface area contributed by atoms with Crippen LogP contribution in [0.2, 0.25) is 0 Å². The Bertz CT molecular complexity index is 429. The minimum absolute atomic E-state index is 0.0105. The number of rotatable bonds is 2. The van der Waals surface area contributed by atoms with Crippen LogP contribution in [0.1, 0.15) is 26.7 Å². The van der Waals surface area contributed by atoms with Crippen LogP contribution in [0.25, 0.3) is 0 Å². The molecule has 0 N–H and O–H groups in total. The molecule has 1 aromatic rings. The fourth-order valence-electron chi connectivity index (χ4n) is 2.62. The average molecular weight is 248 g/mol. The Morgan fingerprint density at radius 1 is 1.17 bits per heavy atom. The van der Waals surface area contributed by atoms with Crippen LogP contribution in [-0.4, -0.2) is 41.9 Å². The Kier molecular flexibility index (Phi) is 2.86. The van der Waals surface area contributed by atoms with E-state index in [4.69, 9.17) is 4.74 Å². The molecule has 0 unspecified atom stereocenters. The third kappa shape index (κ3) is 2.03. The van der Waals surface area contributed by atoms with Crippen molar-refractivity contribution in [2.75, 3.05) is 36.2 Å². The third-order valence-corrected chi connectivity index (χ3v) is 3.75. The number of hydrogen-bond donors (Lipinski definition) is 0. The lowest BCUT2D eigenvalue weighted by Gasteiger charge is -2.30. The van der Waals surface area contributed by atoms with Crippen LogP contribution >= 0.6 is 0 Å². The van der Waals surface area contributed by atoms with Gasteiger partial charge in [0.25, 0.3) is 0 Å². The standard InChI is InChI=1S/C13H20N4O/c1-13(2)8-18-10-17(13)12-7-11(14-9-15-12)16-5-3-4-6-16/h7,9H,3-6,8,10H2,1-2H3. The molecule has 0 radical (unpaired) electrons. The van der Waals surface area contributed by atoms with Crippen molar-refractivity contribution < 1.29 is 4.74 Å². The van der Waals surface area contributed by atoms with Crippen molar-refractivity contribution in [3.63, 3.8) is 0 Å². The highest BCUT2D eigenvalue weighted by molar-refractivity contribution is 5.52. The number of hydrogen-bond acceptors (Lipinski definition) is 5. The van der Waals surface area contributed by atoms with Crippen molar-refractivity contribution in [2.24, 2.45) is 0 Å². The van der Waals surface area contributed by atoms with Gasteiger partial charge in [-0.25, -0.2) is 9.97 Å². The monoisotopic (exact) mass is 248 g/mol. The summed E-state index contributed by atoms with van der Waals surface area (Å²) in [6.45, 7) is 7.93. The van der Waals surface area contributed by atoms with Crippen molar-refractivity contribution in [1.29, 1.82) is 0 Å². The maximum absolute atomic E-state index is 5.54. The molecule has 1 aromatic heterocycles. The lowest BCUT2D eigenvalue weighted by molar-refractivity contribution is 0.184. The SMILES string of the molecule is CC1(C)COCN1c1cc(N2CCCC2)ncn1. The van der Waals surface area contributed by atoms with Crippen molar-refractivity contribution in [1.82, 2.24) is 9.97 Å². The number of anilines is 2. The van der Waals surface area contributed by atoms with Gasteiger partial charge in [-0.05, 0) is 26.7 Å². The third-order valence-electron chi connectivity index (χ3n) is 3.75. The lowest BCUT2D eigenvalue weighted by atomic mass is 10.1. The van der Waals surface area contributed by atoms with Crippen molar-refractivity contribution in [3.05, 3.63) is 12.4 Å². The Morgan fingerprint density at radius 3 is 2.56 bits per heavy atom. The second kappa shape index (κ2) is 4.39. The molecular formula is C13H20N4O. The molecule has 5 nitrogen and oxygen atoms in total. The van der Waals surface area contributed by atoms with E-state index >= 15 is 0 Å². The van der Waals surface area contributed by atoms with E-state index in [1.807, 2.05) is 0 Å². The molecule has 0 atom stereocenters. The smallest absolute Gasteiger partial charge is 0.136 e. The molecule has 0 amide bonds. The first-order chi connectivity index (χ1) is 8.67. The predicted octanol–water partition coefficient (Wildman–Crippen LogP) is 1.65. The molecule has 5 heteroatoms. The van der Waals surface area contributed by atoms with Gasteiger partial charge in [0, 0.05) is 19.2 Å². The molecule has 0 spiro atoms. The van der Waals surface area contributed by atoms with E-state index in [-0.39, 0.29) is 5.54 Å². The van der Waals surface area contributed by atoms with Gasteiger partial charge in [0.2, 0.25) is 0 Å². The molecule has 2 fully saturated rings.